The van der Waals surface area contributed by atoms with Gasteiger partial charge in [-0.3, -0.25) is 0 Å². The van der Waals surface area contributed by atoms with Crippen molar-refractivity contribution in [2.45, 2.75) is 281 Å². The van der Waals surface area contributed by atoms with Crippen LogP contribution in [0.4, 0.5) is 0 Å². The largest absolute Gasteiger partial charge is 0.0683 e. The summed E-state index contributed by atoms with van der Waals surface area (Å²) in [5.74, 6) is 26.0. The van der Waals surface area contributed by atoms with Crippen LogP contribution in [-0.4, -0.2) is 0 Å². The van der Waals surface area contributed by atoms with Crippen LogP contribution in [0.2, 0.25) is 0 Å². The van der Waals surface area contributed by atoms with E-state index in [-0.39, 0.29) is 0 Å². The second-order valence-corrected chi connectivity index (χ2v) is 26.2. The van der Waals surface area contributed by atoms with Crippen molar-refractivity contribution in [1.82, 2.24) is 0 Å². The maximum Gasteiger partial charge on any atom is -0.0332 e. The Morgan fingerprint density at radius 3 is 0.672 bits per heavy atom. The predicted octanol–water partition coefficient (Wildman–Crippen LogP) is 22.3. The van der Waals surface area contributed by atoms with Crippen LogP contribution in [0, 0.1) is 148 Å². The van der Waals surface area contributed by atoms with E-state index in [9.17, 15) is 0 Å². The van der Waals surface area contributed by atoms with Gasteiger partial charge < -0.3 is 0 Å². The summed E-state index contributed by atoms with van der Waals surface area (Å²) in [5.41, 5.74) is 0. The molecule has 10 saturated carbocycles. The Kier molecular flexibility index (Phi) is 29.7. The van der Waals surface area contributed by atoms with Gasteiger partial charge in [-0.1, -0.05) is 230 Å². The topological polar surface area (TPSA) is 0 Å². The molecule has 0 aromatic rings. The van der Waals surface area contributed by atoms with Gasteiger partial charge in [-0.05, 0) is 199 Å². The molecule has 25 unspecified atom stereocenters. The van der Waals surface area contributed by atoms with Crippen molar-refractivity contribution in [3.63, 3.8) is 0 Å². The molecule has 67 heavy (non-hydrogen) atoms. The second kappa shape index (κ2) is 31.6. The van der Waals surface area contributed by atoms with E-state index < -0.39 is 0 Å². The molecule has 0 heterocycles. The quantitative estimate of drug-likeness (QED) is 0.227. The summed E-state index contributed by atoms with van der Waals surface area (Å²) in [4.78, 5) is 0. The van der Waals surface area contributed by atoms with E-state index >= 15 is 0 Å². The van der Waals surface area contributed by atoms with E-state index in [1.807, 2.05) is 55.4 Å². The van der Waals surface area contributed by atoms with Gasteiger partial charge in [0, 0.05) is 0 Å². The first kappa shape index (κ1) is 63.1. The molecule has 0 radical (unpaired) electrons. The maximum absolute atomic E-state index is 2.50. The van der Waals surface area contributed by atoms with Crippen LogP contribution in [0.15, 0.2) is 0 Å². The van der Waals surface area contributed by atoms with E-state index in [0.29, 0.717) is 0 Å². The van der Waals surface area contributed by atoms with E-state index in [1.165, 1.54) is 122 Å². The van der Waals surface area contributed by atoms with Gasteiger partial charge in [0.1, 0.15) is 0 Å². The highest BCUT2D eigenvalue weighted by molar-refractivity contribution is 4.96. The average molecular weight is 938 g/mol. The van der Waals surface area contributed by atoms with Gasteiger partial charge in [-0.15, -0.1) is 0 Å². The summed E-state index contributed by atoms with van der Waals surface area (Å²) >= 11 is 0. The lowest BCUT2D eigenvalue weighted by Gasteiger charge is -2.46. The van der Waals surface area contributed by atoms with E-state index in [1.54, 1.807) is 0 Å². The molecule has 0 spiro atoms. The minimum absolute atomic E-state index is 0.988. The molecule has 25 atom stereocenters. The molecule has 10 aliphatic rings. The normalized spacial score (nSPS) is 48.1. The summed E-state index contributed by atoms with van der Waals surface area (Å²) in [6.45, 7) is 53.0. The molecular weight excluding hydrogens is 805 g/mol. The maximum atomic E-state index is 2.50. The van der Waals surface area contributed by atoms with Crippen LogP contribution >= 0.6 is 0 Å². The Balaban J connectivity index is 0.000000277. The van der Waals surface area contributed by atoms with Crippen molar-refractivity contribution in [3.05, 3.63) is 0 Å². The fourth-order valence-corrected chi connectivity index (χ4v) is 18.8. The predicted molar refractivity (Wildman–Crippen MR) is 305 cm³/mol. The molecule has 10 rings (SSSR count). The highest BCUT2D eigenvalue weighted by atomic mass is 14.5. The summed E-state index contributed by atoms with van der Waals surface area (Å²) in [6.07, 6.45) is 28.8. The minimum Gasteiger partial charge on any atom is -0.0683 e. The Labute approximate surface area is 427 Å². The number of hydrogen-bond donors (Lipinski definition) is 0. The van der Waals surface area contributed by atoms with E-state index in [4.69, 9.17) is 0 Å². The highest BCUT2D eigenvalue weighted by Crippen LogP contribution is 2.55. The van der Waals surface area contributed by atoms with Gasteiger partial charge in [0.05, 0.1) is 0 Å². The lowest BCUT2D eigenvalue weighted by Crippen LogP contribution is -2.38. The molecule has 0 nitrogen and oxygen atoms in total. The molecule has 0 aliphatic heterocycles. The zero-order chi connectivity index (χ0) is 50.9. The van der Waals surface area contributed by atoms with Crippen molar-refractivity contribution in [3.8, 4) is 0 Å². The monoisotopic (exact) mass is 937 g/mol. The summed E-state index contributed by atoms with van der Waals surface area (Å²) in [6, 6.07) is 0. The van der Waals surface area contributed by atoms with E-state index in [0.717, 1.165) is 148 Å². The Morgan fingerprint density at radius 1 is 0.179 bits per heavy atom. The molecule has 400 valence electrons. The van der Waals surface area contributed by atoms with Gasteiger partial charge in [0.2, 0.25) is 0 Å². The van der Waals surface area contributed by atoms with Crippen LogP contribution in [-0.2, 0) is 0 Å². The summed E-state index contributed by atoms with van der Waals surface area (Å²) in [7, 11) is 0. The fraction of sp³-hybridized carbons (Fsp3) is 1.00. The first-order valence-corrected chi connectivity index (χ1v) is 32.0. The molecule has 0 N–H and O–H groups in total. The highest BCUT2D eigenvalue weighted by Gasteiger charge is 2.47. The molecule has 0 aromatic heterocycles. The van der Waals surface area contributed by atoms with E-state index in [2.05, 4.69) is 104 Å². The molecule has 0 saturated heterocycles. The van der Waals surface area contributed by atoms with Gasteiger partial charge in [0.25, 0.3) is 0 Å². The molecule has 0 aromatic carbocycles. The van der Waals surface area contributed by atoms with Crippen LogP contribution in [0.5, 0.6) is 0 Å². The lowest BCUT2D eigenvalue weighted by molar-refractivity contribution is 0.0323. The van der Waals surface area contributed by atoms with Crippen molar-refractivity contribution in [1.29, 1.82) is 0 Å². The Hall–Kier alpha value is 0. The zero-order valence-corrected chi connectivity index (χ0v) is 50.9. The molecule has 0 bridgehead atoms. The number of fused-ring (bicyclic) bond motifs is 5. The van der Waals surface area contributed by atoms with Gasteiger partial charge in [-0.2, -0.15) is 0 Å². The van der Waals surface area contributed by atoms with Crippen molar-refractivity contribution in [2.75, 3.05) is 0 Å². The Bertz CT molecular complexity index is 1190. The summed E-state index contributed by atoms with van der Waals surface area (Å²) in [5, 5.41) is 0. The molecule has 10 fully saturated rings. The van der Waals surface area contributed by atoms with Gasteiger partial charge >= 0.3 is 0 Å². The third-order valence-electron chi connectivity index (χ3n) is 23.0. The van der Waals surface area contributed by atoms with Crippen molar-refractivity contribution >= 4 is 0 Å². The fourth-order valence-electron chi connectivity index (χ4n) is 18.8. The molecule has 0 amide bonds. The molecule has 10 aliphatic carbocycles. The van der Waals surface area contributed by atoms with Gasteiger partial charge in [0.15, 0.2) is 0 Å². The van der Waals surface area contributed by atoms with Gasteiger partial charge in [-0.25, -0.2) is 0 Å². The average Bonchev–Trinajstić information content (AvgIpc) is 4.18. The summed E-state index contributed by atoms with van der Waals surface area (Å²) < 4.78 is 0. The van der Waals surface area contributed by atoms with Crippen molar-refractivity contribution in [2.24, 2.45) is 148 Å². The molecular formula is C67H132. The van der Waals surface area contributed by atoms with Crippen LogP contribution in [0.25, 0.3) is 0 Å². The van der Waals surface area contributed by atoms with Crippen LogP contribution in [0.3, 0.4) is 0 Å². The van der Waals surface area contributed by atoms with Crippen LogP contribution in [0.1, 0.15) is 281 Å². The zero-order valence-electron chi connectivity index (χ0n) is 50.9. The van der Waals surface area contributed by atoms with Crippen LogP contribution < -0.4 is 0 Å². The SMILES string of the molecule is CC.CC.CC.CC.CC1CC2CCC(C)C2C1C.CC1CC2CCC(C)C2C1C.CC1CC2CCCC(C)C2C1C.CC1CCC2CCC(C)C2C1C.CC1CCC2CCCC(C)C2C1C. The third kappa shape index (κ3) is 16.2. The first-order chi connectivity index (χ1) is 32.0. The number of hydrogen-bond acceptors (Lipinski definition) is 0. The Morgan fingerprint density at radius 2 is 0.373 bits per heavy atom. The second-order valence-electron chi connectivity index (χ2n) is 26.2. The standard InChI is InChI=1S/C13H24.2C12H22.2C11H20.4C2H6/c1-9-7-8-12-6-4-5-10(2)13(12)11(9)3;1-8-4-6-11-7-5-9(2)12(11)10(8)3;1-8-5-4-6-11-7-9(2)10(3)12(8)11;2*1-7-4-5-10-6-8(2)9(3)11(7)10;4*1-2/h9-13H,4-8H2,1-3H3;2*8-12H,4-7H2,1-3H3;2*7-11H,4-6H2,1-3H3;4*1-2H3. The number of rotatable bonds is 0. The lowest BCUT2D eigenvalue weighted by atomic mass is 9.59. The molecule has 0 heteroatoms. The first-order valence-electron chi connectivity index (χ1n) is 32.0. The third-order valence-corrected chi connectivity index (χ3v) is 23.0. The van der Waals surface area contributed by atoms with Crippen molar-refractivity contribution < 1.29 is 0 Å². The minimum atomic E-state index is 0.988. The smallest absolute Gasteiger partial charge is 0.0332 e.